The zero-order valence-corrected chi connectivity index (χ0v) is 14.0. The van der Waals surface area contributed by atoms with Crippen LogP contribution in [0.4, 0.5) is 10.1 Å². The number of benzene rings is 1. The van der Waals surface area contributed by atoms with Gasteiger partial charge in [0.25, 0.3) is 0 Å². The molecular weight excluding hydrogens is 339 g/mol. The Labute approximate surface area is 143 Å². The lowest BCUT2D eigenvalue weighted by molar-refractivity contribution is 0.297. The summed E-state index contributed by atoms with van der Waals surface area (Å²) in [6, 6.07) is 3.59. The van der Waals surface area contributed by atoms with E-state index in [9.17, 15) is 9.60 Å². The van der Waals surface area contributed by atoms with E-state index < -0.39 is 5.82 Å². The van der Waals surface area contributed by atoms with E-state index in [1.807, 2.05) is 19.0 Å². The van der Waals surface area contributed by atoms with Gasteiger partial charge in [-0.05, 0) is 37.5 Å². The Hall–Kier alpha value is -2.07. The van der Waals surface area contributed by atoms with Crippen LogP contribution in [0.3, 0.4) is 0 Å². The van der Waals surface area contributed by atoms with Crippen molar-refractivity contribution in [1.29, 1.82) is 5.41 Å². The SMILES string of the molecule is CN(C)CCNCc1nonc1C(=N)N(O)c1ccc(F)c(Cl)c1. The van der Waals surface area contributed by atoms with E-state index in [0.29, 0.717) is 23.8 Å². The van der Waals surface area contributed by atoms with Gasteiger partial charge in [0.15, 0.2) is 11.5 Å². The number of anilines is 1. The van der Waals surface area contributed by atoms with Gasteiger partial charge in [-0.1, -0.05) is 16.8 Å². The van der Waals surface area contributed by atoms with Crippen molar-refractivity contribution in [2.24, 2.45) is 0 Å². The van der Waals surface area contributed by atoms with E-state index in [1.165, 1.54) is 12.1 Å². The molecule has 0 saturated carbocycles. The van der Waals surface area contributed by atoms with Crippen molar-refractivity contribution in [2.75, 3.05) is 32.2 Å². The first-order valence-electron chi connectivity index (χ1n) is 7.10. The summed E-state index contributed by atoms with van der Waals surface area (Å²) < 4.78 is 17.9. The third-order valence-corrected chi connectivity index (χ3v) is 3.46. The van der Waals surface area contributed by atoms with Gasteiger partial charge in [0.1, 0.15) is 11.5 Å². The van der Waals surface area contributed by atoms with E-state index in [2.05, 4.69) is 20.3 Å². The second kappa shape index (κ2) is 8.15. The summed E-state index contributed by atoms with van der Waals surface area (Å²) in [5.74, 6) is -0.974. The van der Waals surface area contributed by atoms with Gasteiger partial charge < -0.3 is 10.2 Å². The number of hydrogen-bond donors (Lipinski definition) is 3. The number of aromatic nitrogens is 2. The standard InChI is InChI=1S/C14H18ClFN6O2/c1-21(2)6-5-18-8-12-13(20-24-19-12)14(17)22(23)9-3-4-11(16)10(15)7-9/h3-4,7,17-18,23H,5-6,8H2,1-2H3. The lowest BCUT2D eigenvalue weighted by Crippen LogP contribution is -2.30. The first kappa shape index (κ1) is 18.3. The molecule has 130 valence electrons. The number of nitrogens with zero attached hydrogens (tertiary/aromatic N) is 4. The van der Waals surface area contributed by atoms with E-state index in [0.717, 1.165) is 12.6 Å². The molecule has 0 aliphatic heterocycles. The monoisotopic (exact) mass is 356 g/mol. The molecular formula is C14H18ClFN6O2. The third-order valence-electron chi connectivity index (χ3n) is 3.17. The summed E-state index contributed by atoms with van der Waals surface area (Å²) in [5, 5.41) is 29.1. The Morgan fingerprint density at radius 3 is 2.83 bits per heavy atom. The largest absolute Gasteiger partial charge is 0.310 e. The topological polar surface area (TPSA) is 102 Å². The maximum Gasteiger partial charge on any atom is 0.182 e. The number of likely N-dealkylation sites (N-methyl/N-ethyl adjacent to an activating group) is 1. The zero-order chi connectivity index (χ0) is 17.7. The summed E-state index contributed by atoms with van der Waals surface area (Å²) in [7, 11) is 3.91. The van der Waals surface area contributed by atoms with Gasteiger partial charge in [-0.3, -0.25) is 10.6 Å². The molecule has 0 aliphatic rings. The molecule has 24 heavy (non-hydrogen) atoms. The summed E-state index contributed by atoms with van der Waals surface area (Å²) in [4.78, 5) is 2.02. The van der Waals surface area contributed by atoms with Gasteiger partial charge in [0.05, 0.1) is 10.7 Å². The fraction of sp³-hybridized carbons (Fsp3) is 0.357. The molecule has 0 atom stereocenters. The second-order valence-electron chi connectivity index (χ2n) is 5.30. The lowest BCUT2D eigenvalue weighted by Gasteiger charge is -2.16. The average molecular weight is 357 g/mol. The number of amidine groups is 1. The van der Waals surface area contributed by atoms with Crippen LogP contribution in [0, 0.1) is 11.2 Å². The maximum atomic E-state index is 13.2. The number of hydrogen-bond acceptors (Lipinski definition) is 7. The fourth-order valence-electron chi connectivity index (χ4n) is 1.86. The first-order valence-corrected chi connectivity index (χ1v) is 7.47. The van der Waals surface area contributed by atoms with Crippen molar-refractivity contribution >= 4 is 23.1 Å². The average Bonchev–Trinajstić information content (AvgIpc) is 3.01. The van der Waals surface area contributed by atoms with Gasteiger partial charge in [-0.25, -0.2) is 14.1 Å². The molecule has 2 aromatic rings. The summed E-state index contributed by atoms with van der Waals surface area (Å²) in [5.41, 5.74) is 0.585. The second-order valence-corrected chi connectivity index (χ2v) is 5.71. The minimum Gasteiger partial charge on any atom is -0.310 e. The van der Waals surface area contributed by atoms with Crippen LogP contribution in [0.15, 0.2) is 22.8 Å². The van der Waals surface area contributed by atoms with Gasteiger partial charge >= 0.3 is 0 Å². The molecule has 0 aliphatic carbocycles. The van der Waals surface area contributed by atoms with Crippen molar-refractivity contribution in [2.45, 2.75) is 6.54 Å². The molecule has 0 bridgehead atoms. The lowest BCUT2D eigenvalue weighted by atomic mass is 10.2. The van der Waals surface area contributed by atoms with Crippen LogP contribution in [0.5, 0.6) is 0 Å². The highest BCUT2D eigenvalue weighted by Crippen LogP contribution is 2.23. The molecule has 1 aromatic heterocycles. The molecule has 2 rings (SSSR count). The third kappa shape index (κ3) is 4.48. The van der Waals surface area contributed by atoms with Gasteiger partial charge in [0, 0.05) is 19.6 Å². The Morgan fingerprint density at radius 2 is 2.17 bits per heavy atom. The predicted molar refractivity (Wildman–Crippen MR) is 87.1 cm³/mol. The smallest absolute Gasteiger partial charge is 0.182 e. The van der Waals surface area contributed by atoms with Crippen molar-refractivity contribution in [3.63, 3.8) is 0 Å². The predicted octanol–water partition coefficient (Wildman–Crippen LogP) is 1.73. The molecule has 1 aromatic carbocycles. The van der Waals surface area contributed by atoms with Gasteiger partial charge in [0.2, 0.25) is 0 Å². The highest BCUT2D eigenvalue weighted by Gasteiger charge is 2.21. The van der Waals surface area contributed by atoms with E-state index in [-0.39, 0.29) is 22.2 Å². The van der Waals surface area contributed by atoms with Crippen LogP contribution >= 0.6 is 11.6 Å². The quantitative estimate of drug-likeness (QED) is 0.300. The van der Waals surface area contributed by atoms with Crippen molar-refractivity contribution in [3.05, 3.63) is 40.4 Å². The summed E-state index contributed by atoms with van der Waals surface area (Å²) >= 11 is 5.69. The molecule has 0 amide bonds. The molecule has 0 saturated heterocycles. The number of hydroxylamine groups is 1. The van der Waals surface area contributed by atoms with Crippen LogP contribution in [-0.2, 0) is 6.54 Å². The highest BCUT2D eigenvalue weighted by molar-refractivity contribution is 6.31. The number of rotatable bonds is 7. The normalized spacial score (nSPS) is 11.1. The molecule has 0 spiro atoms. The van der Waals surface area contributed by atoms with Gasteiger partial charge in [-0.2, -0.15) is 0 Å². The van der Waals surface area contributed by atoms with Crippen molar-refractivity contribution < 1.29 is 14.2 Å². The highest BCUT2D eigenvalue weighted by atomic mass is 35.5. The first-order chi connectivity index (χ1) is 11.4. The molecule has 0 fully saturated rings. The fourth-order valence-corrected chi connectivity index (χ4v) is 2.03. The van der Waals surface area contributed by atoms with Crippen LogP contribution in [-0.4, -0.2) is 53.4 Å². The molecule has 8 nitrogen and oxygen atoms in total. The van der Waals surface area contributed by atoms with Crippen LogP contribution < -0.4 is 10.4 Å². The van der Waals surface area contributed by atoms with E-state index >= 15 is 0 Å². The van der Waals surface area contributed by atoms with E-state index in [1.54, 1.807) is 0 Å². The molecule has 10 heteroatoms. The van der Waals surface area contributed by atoms with Gasteiger partial charge in [-0.15, -0.1) is 0 Å². The molecule has 0 unspecified atom stereocenters. The molecule has 0 radical (unpaired) electrons. The van der Waals surface area contributed by atoms with Crippen LogP contribution in [0.1, 0.15) is 11.4 Å². The number of nitrogens with one attached hydrogen (secondary N) is 2. The Kier molecular flexibility index (Phi) is 6.21. The zero-order valence-electron chi connectivity index (χ0n) is 13.3. The minimum atomic E-state index is -0.616. The van der Waals surface area contributed by atoms with Crippen molar-refractivity contribution in [1.82, 2.24) is 20.5 Å². The van der Waals surface area contributed by atoms with Crippen molar-refractivity contribution in [3.8, 4) is 0 Å². The van der Waals surface area contributed by atoms with E-state index in [4.69, 9.17) is 17.0 Å². The Morgan fingerprint density at radius 1 is 1.42 bits per heavy atom. The Balaban J connectivity index is 2.06. The molecule has 1 heterocycles. The maximum absolute atomic E-state index is 13.2. The summed E-state index contributed by atoms with van der Waals surface area (Å²) in [6.45, 7) is 1.87. The molecule has 3 N–H and O–H groups in total. The summed E-state index contributed by atoms with van der Waals surface area (Å²) in [6.07, 6.45) is 0. The van der Waals surface area contributed by atoms with Crippen LogP contribution in [0.25, 0.3) is 0 Å². The minimum absolute atomic E-state index is 0.0790. The Bertz CT molecular complexity index is 708. The van der Waals surface area contributed by atoms with Crippen LogP contribution in [0.2, 0.25) is 5.02 Å². The number of halogens is 2.